The molecule has 0 spiro atoms. The van der Waals surface area contributed by atoms with E-state index in [1.807, 2.05) is 12.1 Å². The van der Waals surface area contributed by atoms with Crippen molar-refractivity contribution in [2.45, 2.75) is 52.4 Å². The van der Waals surface area contributed by atoms with Crippen molar-refractivity contribution in [3.05, 3.63) is 59.7 Å². The molecule has 2 rings (SSSR count). The van der Waals surface area contributed by atoms with E-state index in [4.69, 9.17) is 4.52 Å². The molecular weight excluding hydrogens is 319 g/mol. The number of benzene rings is 2. The third-order valence-electron chi connectivity index (χ3n) is 3.89. The number of hydrogen-bond acceptors (Lipinski definition) is 2. The van der Waals surface area contributed by atoms with Crippen LogP contribution in [0.5, 0.6) is 5.75 Å². The van der Waals surface area contributed by atoms with E-state index in [1.165, 1.54) is 0 Å². The van der Waals surface area contributed by atoms with Gasteiger partial charge in [0.25, 0.3) is 0 Å². The second-order valence-electron chi connectivity index (χ2n) is 8.13. The maximum atomic E-state index is 12.8. The maximum absolute atomic E-state index is 12.8. The molecule has 2 aromatic carbocycles. The molecule has 0 saturated carbocycles. The molecule has 0 aliphatic heterocycles. The van der Waals surface area contributed by atoms with Gasteiger partial charge in [0.15, 0.2) is 0 Å². The highest BCUT2D eigenvalue weighted by Crippen LogP contribution is 2.47. The summed E-state index contributed by atoms with van der Waals surface area (Å²) in [6, 6.07) is 14.2. The molecule has 0 bridgehead atoms. The molecule has 0 aliphatic carbocycles. The van der Waals surface area contributed by atoms with E-state index < -0.39 is 7.60 Å². The van der Waals surface area contributed by atoms with Crippen molar-refractivity contribution in [3.8, 4) is 5.75 Å². The van der Waals surface area contributed by atoms with Crippen molar-refractivity contribution in [3.63, 3.8) is 0 Å². The van der Waals surface area contributed by atoms with Gasteiger partial charge in [0.05, 0.1) is 5.30 Å². The second-order valence-corrected chi connectivity index (χ2v) is 9.87. The van der Waals surface area contributed by atoms with Gasteiger partial charge in [0.2, 0.25) is 0 Å². The average molecular weight is 346 g/mol. The highest BCUT2D eigenvalue weighted by atomic mass is 31.2. The molecule has 0 amide bonds. The standard InChI is InChI=1S/C20H27O3P/c1-19(2,3)16-13-10-14-17(18(16)20(4,5)6)23-24(21,22)15-11-8-7-9-12-15/h7-14H,1-6H3,(H,21,22). The minimum Gasteiger partial charge on any atom is -0.421 e. The highest BCUT2D eigenvalue weighted by Gasteiger charge is 2.32. The van der Waals surface area contributed by atoms with E-state index in [9.17, 15) is 9.46 Å². The van der Waals surface area contributed by atoms with Gasteiger partial charge < -0.3 is 9.42 Å². The first kappa shape index (κ1) is 18.8. The van der Waals surface area contributed by atoms with E-state index in [0.29, 0.717) is 11.1 Å². The predicted octanol–water partition coefficient (Wildman–Crippen LogP) is 5.17. The van der Waals surface area contributed by atoms with Crippen LogP contribution in [0, 0.1) is 0 Å². The predicted molar refractivity (Wildman–Crippen MR) is 100 cm³/mol. The summed E-state index contributed by atoms with van der Waals surface area (Å²) in [6.07, 6.45) is 0. The summed E-state index contributed by atoms with van der Waals surface area (Å²) in [5.41, 5.74) is 1.80. The molecule has 1 unspecified atom stereocenters. The van der Waals surface area contributed by atoms with Gasteiger partial charge in [0, 0.05) is 5.56 Å². The summed E-state index contributed by atoms with van der Waals surface area (Å²) < 4.78 is 18.5. The Balaban J connectivity index is 2.58. The van der Waals surface area contributed by atoms with Gasteiger partial charge in [-0.1, -0.05) is 71.9 Å². The van der Waals surface area contributed by atoms with Crippen molar-refractivity contribution in [2.75, 3.05) is 0 Å². The van der Waals surface area contributed by atoms with Gasteiger partial charge in [-0.15, -0.1) is 0 Å². The van der Waals surface area contributed by atoms with E-state index in [2.05, 4.69) is 47.6 Å². The van der Waals surface area contributed by atoms with E-state index in [0.717, 1.165) is 11.1 Å². The fraction of sp³-hybridized carbons (Fsp3) is 0.400. The van der Waals surface area contributed by atoms with Crippen LogP contribution < -0.4 is 9.83 Å². The summed E-state index contributed by atoms with van der Waals surface area (Å²) in [4.78, 5) is 10.5. The fourth-order valence-electron chi connectivity index (χ4n) is 2.81. The molecule has 0 aliphatic rings. The summed E-state index contributed by atoms with van der Waals surface area (Å²) >= 11 is 0. The Bertz CT molecular complexity index is 753. The van der Waals surface area contributed by atoms with Crippen molar-refractivity contribution in [2.24, 2.45) is 0 Å². The Hall–Kier alpha value is -1.57. The molecule has 1 atom stereocenters. The SMILES string of the molecule is CC(C)(C)c1cccc(OP(=O)(O)c2ccccc2)c1C(C)(C)C. The summed E-state index contributed by atoms with van der Waals surface area (Å²) in [5.74, 6) is 0.476. The first-order valence-corrected chi connectivity index (χ1v) is 9.73. The topological polar surface area (TPSA) is 46.5 Å². The molecule has 0 saturated heterocycles. The van der Waals surface area contributed by atoms with Crippen LogP contribution in [-0.2, 0) is 15.4 Å². The maximum Gasteiger partial charge on any atom is 0.408 e. The Morgan fingerprint density at radius 3 is 1.92 bits per heavy atom. The summed E-state index contributed by atoms with van der Waals surface area (Å²) in [6.45, 7) is 12.7. The van der Waals surface area contributed by atoms with Crippen LogP contribution in [0.25, 0.3) is 0 Å². The lowest BCUT2D eigenvalue weighted by molar-refractivity contribution is 0.385. The van der Waals surface area contributed by atoms with Crippen molar-refractivity contribution in [1.29, 1.82) is 0 Å². The second kappa shape index (κ2) is 6.38. The molecular formula is C20H27O3P. The highest BCUT2D eigenvalue weighted by molar-refractivity contribution is 7.61. The fourth-order valence-corrected chi connectivity index (χ4v) is 3.88. The molecule has 0 fully saturated rings. The molecule has 4 heteroatoms. The molecule has 130 valence electrons. The molecule has 0 radical (unpaired) electrons. The minimum absolute atomic E-state index is 0.0891. The quantitative estimate of drug-likeness (QED) is 0.780. The zero-order valence-electron chi connectivity index (χ0n) is 15.3. The third-order valence-corrected chi connectivity index (χ3v) is 5.28. The molecule has 3 nitrogen and oxygen atoms in total. The zero-order chi connectivity index (χ0) is 18.2. The van der Waals surface area contributed by atoms with Crippen LogP contribution in [0.15, 0.2) is 48.5 Å². The van der Waals surface area contributed by atoms with Crippen LogP contribution in [-0.4, -0.2) is 4.89 Å². The number of rotatable bonds is 3. The minimum atomic E-state index is -3.94. The molecule has 0 heterocycles. The normalized spacial score (nSPS) is 15.0. The lowest BCUT2D eigenvalue weighted by atomic mass is 9.75. The Kier molecular flexibility index (Phi) is 4.99. The molecule has 2 aromatic rings. The van der Waals surface area contributed by atoms with E-state index >= 15 is 0 Å². The van der Waals surface area contributed by atoms with Crippen molar-refractivity contribution >= 4 is 12.9 Å². The lowest BCUT2D eigenvalue weighted by Crippen LogP contribution is -2.23. The lowest BCUT2D eigenvalue weighted by Gasteiger charge is -2.32. The molecule has 0 aromatic heterocycles. The van der Waals surface area contributed by atoms with Crippen LogP contribution in [0.2, 0.25) is 0 Å². The van der Waals surface area contributed by atoms with E-state index in [1.54, 1.807) is 30.3 Å². The third kappa shape index (κ3) is 4.09. The summed E-state index contributed by atoms with van der Waals surface area (Å²) in [7, 11) is -3.94. The van der Waals surface area contributed by atoms with Gasteiger partial charge in [-0.2, -0.15) is 0 Å². The van der Waals surface area contributed by atoms with Crippen molar-refractivity contribution in [1.82, 2.24) is 0 Å². The van der Waals surface area contributed by atoms with Gasteiger partial charge in [-0.25, -0.2) is 4.57 Å². The van der Waals surface area contributed by atoms with Gasteiger partial charge in [-0.05, 0) is 34.6 Å². The van der Waals surface area contributed by atoms with Gasteiger partial charge in [0.1, 0.15) is 5.75 Å². The first-order valence-electron chi connectivity index (χ1n) is 8.15. The first-order chi connectivity index (χ1) is 10.9. The molecule has 1 N–H and O–H groups in total. The van der Waals surface area contributed by atoms with Crippen molar-refractivity contribution < 1.29 is 14.0 Å². The zero-order valence-corrected chi connectivity index (χ0v) is 16.2. The van der Waals surface area contributed by atoms with E-state index in [-0.39, 0.29) is 10.8 Å². The van der Waals surface area contributed by atoms with Gasteiger partial charge in [-0.3, -0.25) is 0 Å². The monoisotopic (exact) mass is 346 g/mol. The average Bonchev–Trinajstić information content (AvgIpc) is 2.45. The Morgan fingerprint density at radius 1 is 0.833 bits per heavy atom. The summed E-state index contributed by atoms with van der Waals surface area (Å²) in [5, 5.41) is 0.297. The molecule has 24 heavy (non-hydrogen) atoms. The van der Waals surface area contributed by atoms with Gasteiger partial charge >= 0.3 is 7.60 Å². The smallest absolute Gasteiger partial charge is 0.408 e. The number of hydrogen-bond donors (Lipinski definition) is 1. The largest absolute Gasteiger partial charge is 0.421 e. The van der Waals surface area contributed by atoms with Crippen LogP contribution in [0.1, 0.15) is 52.7 Å². The Morgan fingerprint density at radius 2 is 1.42 bits per heavy atom. The van der Waals surface area contributed by atoms with Crippen LogP contribution >= 0.6 is 7.60 Å². The van der Waals surface area contributed by atoms with Crippen LogP contribution in [0.3, 0.4) is 0 Å². The Labute approximate surface area is 145 Å². The van der Waals surface area contributed by atoms with Crippen LogP contribution in [0.4, 0.5) is 0 Å².